The van der Waals surface area contributed by atoms with Crippen LogP contribution in [0.4, 0.5) is 5.82 Å². The van der Waals surface area contributed by atoms with Gasteiger partial charge in [-0.25, -0.2) is 9.50 Å². The summed E-state index contributed by atoms with van der Waals surface area (Å²) in [6, 6.07) is 16.1. The first-order chi connectivity index (χ1) is 17.2. The Morgan fingerprint density at radius 3 is 2.25 bits per heavy atom. The van der Waals surface area contributed by atoms with E-state index in [9.17, 15) is 9.59 Å². The van der Waals surface area contributed by atoms with E-state index in [1.807, 2.05) is 52.8 Å². The first-order valence-corrected chi connectivity index (χ1v) is 11.7. The maximum absolute atomic E-state index is 13.7. The van der Waals surface area contributed by atoms with E-state index < -0.39 is 5.54 Å². The number of anilines is 1. The standard InChI is InChI=1S/C26H24N6O2.C2H6/c1-26(2,3)32(23-10-5-17(14-27)15-29-23)25(34)20-11-12-31-22(13-20)21(16-30-31)18-6-8-19(9-7-18)24(33)28-4;1-2/h5-13,15-16H,1-4H3,(H,28,33);1-2H3. The molecule has 8 heteroatoms. The zero-order chi connectivity index (χ0) is 26.5. The van der Waals surface area contributed by atoms with Crippen LogP contribution in [0.1, 0.15) is 60.9 Å². The van der Waals surface area contributed by atoms with Crippen LogP contribution < -0.4 is 10.2 Å². The zero-order valence-corrected chi connectivity index (χ0v) is 21.4. The lowest BCUT2D eigenvalue weighted by Crippen LogP contribution is -2.46. The average molecular weight is 483 g/mol. The second-order valence-electron chi connectivity index (χ2n) is 8.79. The van der Waals surface area contributed by atoms with Crippen LogP contribution in [0.2, 0.25) is 0 Å². The summed E-state index contributed by atoms with van der Waals surface area (Å²) < 4.78 is 1.71. The normalized spacial score (nSPS) is 10.7. The van der Waals surface area contributed by atoms with Crippen LogP contribution >= 0.6 is 0 Å². The highest BCUT2D eigenvalue weighted by molar-refractivity contribution is 6.07. The molecular weight excluding hydrogens is 452 g/mol. The Balaban J connectivity index is 0.00000176. The molecule has 36 heavy (non-hydrogen) atoms. The number of hydrogen-bond donors (Lipinski definition) is 1. The number of nitrogens with one attached hydrogen (secondary N) is 1. The average Bonchev–Trinajstić information content (AvgIpc) is 3.32. The minimum atomic E-state index is -0.552. The second kappa shape index (κ2) is 10.8. The summed E-state index contributed by atoms with van der Waals surface area (Å²) in [5.74, 6) is 0.0993. The summed E-state index contributed by atoms with van der Waals surface area (Å²) in [5, 5.41) is 16.1. The van der Waals surface area contributed by atoms with E-state index >= 15 is 0 Å². The molecule has 0 atom stereocenters. The lowest BCUT2D eigenvalue weighted by Gasteiger charge is -2.34. The Kier molecular flexibility index (Phi) is 7.85. The minimum absolute atomic E-state index is 0.155. The molecule has 1 aromatic carbocycles. The molecule has 3 aromatic heterocycles. The Morgan fingerprint density at radius 2 is 1.69 bits per heavy atom. The molecule has 0 saturated heterocycles. The summed E-state index contributed by atoms with van der Waals surface area (Å²) in [4.78, 5) is 31.5. The van der Waals surface area contributed by atoms with Crippen molar-refractivity contribution in [3.63, 3.8) is 0 Å². The highest BCUT2D eigenvalue weighted by Gasteiger charge is 2.30. The topological polar surface area (TPSA) is 103 Å². The van der Waals surface area contributed by atoms with Crippen molar-refractivity contribution in [2.75, 3.05) is 11.9 Å². The van der Waals surface area contributed by atoms with Crippen LogP contribution in [0.5, 0.6) is 0 Å². The van der Waals surface area contributed by atoms with Gasteiger partial charge in [0.2, 0.25) is 0 Å². The molecule has 4 aromatic rings. The van der Waals surface area contributed by atoms with Crippen molar-refractivity contribution in [3.05, 3.63) is 83.8 Å². The van der Waals surface area contributed by atoms with Crippen molar-refractivity contribution in [1.82, 2.24) is 19.9 Å². The highest BCUT2D eigenvalue weighted by Crippen LogP contribution is 2.28. The van der Waals surface area contributed by atoms with Gasteiger partial charge in [0.25, 0.3) is 11.8 Å². The largest absolute Gasteiger partial charge is 0.355 e. The monoisotopic (exact) mass is 482 g/mol. The van der Waals surface area contributed by atoms with Crippen LogP contribution in [0.25, 0.3) is 16.6 Å². The molecule has 1 N–H and O–H groups in total. The summed E-state index contributed by atoms with van der Waals surface area (Å²) in [5.41, 5.74) is 3.42. The fraction of sp³-hybridized carbons (Fsp3) is 0.250. The fourth-order valence-electron chi connectivity index (χ4n) is 3.75. The third-order valence-electron chi connectivity index (χ3n) is 5.43. The van der Waals surface area contributed by atoms with Crippen molar-refractivity contribution in [1.29, 1.82) is 5.26 Å². The molecular formula is C28H30N6O2. The van der Waals surface area contributed by atoms with Gasteiger partial charge in [-0.2, -0.15) is 10.4 Å². The van der Waals surface area contributed by atoms with Crippen molar-refractivity contribution in [3.8, 4) is 17.2 Å². The first kappa shape index (κ1) is 26.1. The number of carbonyl (C=O) groups excluding carboxylic acids is 2. The molecule has 2 amide bonds. The number of nitriles is 1. The predicted octanol–water partition coefficient (Wildman–Crippen LogP) is 5.10. The molecule has 184 valence electrons. The quantitative estimate of drug-likeness (QED) is 0.436. The van der Waals surface area contributed by atoms with Gasteiger partial charge < -0.3 is 5.32 Å². The number of benzene rings is 1. The number of nitrogens with zero attached hydrogens (tertiary/aromatic N) is 5. The van der Waals surface area contributed by atoms with E-state index in [0.717, 1.165) is 16.6 Å². The number of rotatable bonds is 4. The van der Waals surface area contributed by atoms with Crippen LogP contribution in [0.3, 0.4) is 0 Å². The van der Waals surface area contributed by atoms with Gasteiger partial charge >= 0.3 is 0 Å². The van der Waals surface area contributed by atoms with Gasteiger partial charge in [0, 0.05) is 41.7 Å². The molecule has 8 nitrogen and oxygen atoms in total. The fourth-order valence-corrected chi connectivity index (χ4v) is 3.75. The van der Waals surface area contributed by atoms with Crippen molar-refractivity contribution in [2.45, 2.75) is 40.2 Å². The Hall–Kier alpha value is -4.51. The number of amides is 2. The number of hydrogen-bond acceptors (Lipinski definition) is 5. The minimum Gasteiger partial charge on any atom is -0.355 e. The van der Waals surface area contributed by atoms with Crippen molar-refractivity contribution >= 4 is 23.1 Å². The van der Waals surface area contributed by atoms with Crippen molar-refractivity contribution < 1.29 is 9.59 Å². The molecule has 4 rings (SSSR count). The van der Waals surface area contributed by atoms with Gasteiger partial charge in [-0.15, -0.1) is 0 Å². The van der Waals surface area contributed by atoms with Crippen LogP contribution in [-0.4, -0.2) is 39.0 Å². The molecule has 0 unspecified atom stereocenters. The first-order valence-electron chi connectivity index (χ1n) is 11.7. The number of fused-ring (bicyclic) bond motifs is 1. The van der Waals surface area contributed by atoms with Gasteiger partial charge in [0.05, 0.1) is 17.3 Å². The maximum Gasteiger partial charge on any atom is 0.260 e. The van der Waals surface area contributed by atoms with Crippen molar-refractivity contribution in [2.24, 2.45) is 0 Å². The highest BCUT2D eigenvalue weighted by atomic mass is 16.2. The Morgan fingerprint density at radius 1 is 1.00 bits per heavy atom. The number of carbonyl (C=O) groups is 2. The number of pyridine rings is 2. The third-order valence-corrected chi connectivity index (χ3v) is 5.43. The molecule has 0 aliphatic rings. The van der Waals surface area contributed by atoms with E-state index in [2.05, 4.69) is 15.4 Å². The van der Waals surface area contributed by atoms with Gasteiger partial charge in [0.15, 0.2) is 0 Å². The van der Waals surface area contributed by atoms with E-state index in [0.29, 0.717) is 22.5 Å². The molecule has 0 radical (unpaired) electrons. The second-order valence-corrected chi connectivity index (χ2v) is 8.79. The third kappa shape index (κ3) is 5.26. The lowest BCUT2D eigenvalue weighted by molar-refractivity contribution is 0.0955. The number of aromatic nitrogens is 3. The summed E-state index contributed by atoms with van der Waals surface area (Å²) in [6.45, 7) is 9.80. The van der Waals surface area contributed by atoms with Gasteiger partial charge in [-0.3, -0.25) is 14.5 Å². The SMILES string of the molecule is CC.CNC(=O)c1ccc(-c2cnn3ccc(C(=O)N(c4ccc(C#N)cn4)C(C)(C)C)cc23)cc1. The molecule has 0 fully saturated rings. The Bertz CT molecular complexity index is 1410. The molecule has 0 aliphatic carbocycles. The summed E-state index contributed by atoms with van der Waals surface area (Å²) in [7, 11) is 1.59. The zero-order valence-electron chi connectivity index (χ0n) is 21.4. The predicted molar refractivity (Wildman–Crippen MR) is 141 cm³/mol. The van der Waals surface area contributed by atoms with E-state index in [1.165, 1.54) is 6.20 Å². The van der Waals surface area contributed by atoms with E-state index in [1.54, 1.807) is 65.3 Å². The molecule has 3 heterocycles. The van der Waals surface area contributed by atoms with Crippen LogP contribution in [-0.2, 0) is 0 Å². The molecule has 0 saturated carbocycles. The smallest absolute Gasteiger partial charge is 0.260 e. The van der Waals surface area contributed by atoms with Gasteiger partial charge in [-0.1, -0.05) is 26.0 Å². The molecule has 0 spiro atoms. The van der Waals surface area contributed by atoms with Gasteiger partial charge in [-0.05, 0) is 62.7 Å². The lowest BCUT2D eigenvalue weighted by atomic mass is 10.0. The summed E-state index contributed by atoms with van der Waals surface area (Å²) in [6.07, 6.45) is 4.95. The molecule has 0 bridgehead atoms. The van der Waals surface area contributed by atoms with Gasteiger partial charge in [0.1, 0.15) is 11.9 Å². The summed E-state index contributed by atoms with van der Waals surface area (Å²) >= 11 is 0. The van der Waals surface area contributed by atoms with Crippen LogP contribution in [0.15, 0.2) is 67.1 Å². The van der Waals surface area contributed by atoms with E-state index in [4.69, 9.17) is 5.26 Å². The van der Waals surface area contributed by atoms with E-state index in [-0.39, 0.29) is 11.8 Å². The molecule has 0 aliphatic heterocycles. The van der Waals surface area contributed by atoms with Crippen LogP contribution in [0, 0.1) is 11.3 Å². The maximum atomic E-state index is 13.7. The Labute approximate surface area is 211 Å².